The van der Waals surface area contributed by atoms with Crippen molar-refractivity contribution in [2.75, 3.05) is 13.7 Å². The van der Waals surface area contributed by atoms with Crippen molar-refractivity contribution in [2.24, 2.45) is 0 Å². The topological polar surface area (TPSA) is 46.5 Å². The molecule has 0 radical (unpaired) electrons. The minimum atomic E-state index is -0.624. The van der Waals surface area contributed by atoms with Gasteiger partial charge in [0.15, 0.2) is 5.78 Å². The second-order valence-electron chi connectivity index (χ2n) is 3.15. The van der Waals surface area contributed by atoms with Gasteiger partial charge in [0.2, 0.25) is 0 Å². The summed E-state index contributed by atoms with van der Waals surface area (Å²) in [7, 11) is 1.53. The van der Waals surface area contributed by atoms with E-state index in [2.05, 4.69) is 0 Å². The highest BCUT2D eigenvalue weighted by Gasteiger charge is 2.07. The van der Waals surface area contributed by atoms with Crippen molar-refractivity contribution in [3.8, 4) is 0 Å². The van der Waals surface area contributed by atoms with E-state index in [0.29, 0.717) is 5.56 Å². The largest absolute Gasteiger partial charge is 0.386 e. The van der Waals surface area contributed by atoms with E-state index in [1.807, 2.05) is 0 Å². The molecule has 0 saturated heterocycles. The number of Topliss-reactive ketones (excluding diaryl/α,β-unsaturated/α-hetero) is 1. The molecular formula is C11H14O3. The summed E-state index contributed by atoms with van der Waals surface area (Å²) >= 11 is 0. The van der Waals surface area contributed by atoms with Gasteiger partial charge >= 0.3 is 0 Å². The van der Waals surface area contributed by atoms with Crippen LogP contribution in [0.4, 0.5) is 0 Å². The summed E-state index contributed by atoms with van der Waals surface area (Å²) in [6.45, 7) is 1.78. The lowest BCUT2D eigenvalue weighted by Gasteiger charge is -2.09. The summed E-state index contributed by atoms with van der Waals surface area (Å²) in [6.07, 6.45) is -0.624. The zero-order valence-corrected chi connectivity index (χ0v) is 8.36. The van der Waals surface area contributed by atoms with Crippen LogP contribution in [-0.2, 0) is 4.74 Å². The molecule has 3 nitrogen and oxygen atoms in total. The van der Waals surface area contributed by atoms with E-state index in [-0.39, 0.29) is 12.4 Å². The number of aliphatic hydroxyl groups excluding tert-OH is 1. The number of methoxy groups -OCH3 is 1. The molecule has 1 aromatic rings. The molecule has 76 valence electrons. The minimum Gasteiger partial charge on any atom is -0.386 e. The van der Waals surface area contributed by atoms with Gasteiger partial charge in [-0.1, -0.05) is 24.3 Å². The van der Waals surface area contributed by atoms with Crippen LogP contribution in [0.25, 0.3) is 0 Å². The third-order valence-electron chi connectivity index (χ3n) is 2.03. The number of carbonyl (C=O) groups excluding carboxylic acids is 1. The summed E-state index contributed by atoms with van der Waals surface area (Å²) in [5.74, 6) is 0.0257. The van der Waals surface area contributed by atoms with Crippen LogP contribution in [0.15, 0.2) is 24.3 Å². The first-order valence-corrected chi connectivity index (χ1v) is 4.43. The highest BCUT2D eigenvalue weighted by atomic mass is 16.5. The molecule has 0 amide bonds. The molecule has 1 aromatic carbocycles. The second-order valence-corrected chi connectivity index (χ2v) is 3.15. The molecule has 1 unspecified atom stereocenters. The van der Waals surface area contributed by atoms with E-state index in [1.165, 1.54) is 14.0 Å². The monoisotopic (exact) mass is 194 g/mol. The summed E-state index contributed by atoms with van der Waals surface area (Å²) in [5, 5.41) is 9.54. The smallest absolute Gasteiger partial charge is 0.159 e. The third-order valence-corrected chi connectivity index (χ3v) is 2.03. The maximum absolute atomic E-state index is 11.0. The molecule has 1 N–H and O–H groups in total. The fraction of sp³-hybridized carbons (Fsp3) is 0.364. The van der Waals surface area contributed by atoms with Crippen LogP contribution >= 0.6 is 0 Å². The number of rotatable bonds is 4. The highest BCUT2D eigenvalue weighted by Crippen LogP contribution is 2.14. The predicted molar refractivity (Wildman–Crippen MR) is 53.3 cm³/mol. The van der Waals surface area contributed by atoms with Gasteiger partial charge in [-0.15, -0.1) is 0 Å². The average Bonchev–Trinajstić information content (AvgIpc) is 2.18. The molecule has 0 fully saturated rings. The van der Waals surface area contributed by atoms with Crippen LogP contribution in [0.2, 0.25) is 0 Å². The molecular weight excluding hydrogens is 180 g/mol. The Hall–Kier alpha value is -1.19. The normalized spacial score (nSPS) is 12.5. The molecule has 0 heterocycles. The average molecular weight is 194 g/mol. The fourth-order valence-corrected chi connectivity index (χ4v) is 1.19. The first kappa shape index (κ1) is 10.9. The number of carbonyl (C=O) groups is 1. The Morgan fingerprint density at radius 2 is 2.00 bits per heavy atom. The summed E-state index contributed by atoms with van der Waals surface area (Å²) in [6, 6.07) is 6.88. The Morgan fingerprint density at radius 3 is 2.43 bits per heavy atom. The van der Waals surface area contributed by atoms with Crippen molar-refractivity contribution in [1.82, 2.24) is 0 Å². The molecule has 0 aromatic heterocycles. The number of ether oxygens (including phenoxy) is 1. The van der Waals surface area contributed by atoms with Crippen molar-refractivity contribution in [3.63, 3.8) is 0 Å². The van der Waals surface area contributed by atoms with Crippen LogP contribution in [0, 0.1) is 0 Å². The van der Waals surface area contributed by atoms with E-state index in [9.17, 15) is 9.90 Å². The molecule has 3 heteroatoms. The summed E-state index contributed by atoms with van der Waals surface area (Å²) in [5.41, 5.74) is 1.41. The summed E-state index contributed by atoms with van der Waals surface area (Å²) < 4.78 is 4.82. The predicted octanol–water partition coefficient (Wildman–Crippen LogP) is 1.57. The number of hydrogen-bond donors (Lipinski definition) is 1. The van der Waals surface area contributed by atoms with Gasteiger partial charge < -0.3 is 9.84 Å². The lowest BCUT2D eigenvalue weighted by Crippen LogP contribution is -2.05. The van der Waals surface area contributed by atoms with Crippen LogP contribution in [0.3, 0.4) is 0 Å². The maximum Gasteiger partial charge on any atom is 0.159 e. The lowest BCUT2D eigenvalue weighted by atomic mass is 10.1. The molecule has 0 saturated carbocycles. The van der Waals surface area contributed by atoms with Crippen LogP contribution < -0.4 is 0 Å². The van der Waals surface area contributed by atoms with Gasteiger partial charge in [0, 0.05) is 12.7 Å². The SMILES string of the molecule is COCC(O)c1ccc(C(C)=O)cc1. The Labute approximate surface area is 83.3 Å². The van der Waals surface area contributed by atoms with Gasteiger partial charge in [-0.2, -0.15) is 0 Å². The van der Waals surface area contributed by atoms with Gasteiger partial charge in [-0.25, -0.2) is 0 Å². The number of benzene rings is 1. The Balaban J connectivity index is 2.77. The van der Waals surface area contributed by atoms with Crippen LogP contribution in [0.5, 0.6) is 0 Å². The van der Waals surface area contributed by atoms with Crippen LogP contribution in [-0.4, -0.2) is 24.6 Å². The molecule has 0 aliphatic heterocycles. The van der Waals surface area contributed by atoms with Crippen LogP contribution in [0.1, 0.15) is 28.9 Å². The van der Waals surface area contributed by atoms with Gasteiger partial charge in [-0.3, -0.25) is 4.79 Å². The van der Waals surface area contributed by atoms with E-state index < -0.39 is 6.10 Å². The minimum absolute atomic E-state index is 0.0257. The van der Waals surface area contributed by atoms with E-state index >= 15 is 0 Å². The number of aliphatic hydroxyl groups is 1. The van der Waals surface area contributed by atoms with Gasteiger partial charge in [0.05, 0.1) is 6.61 Å². The Bertz CT molecular complexity index is 303. The summed E-state index contributed by atoms with van der Waals surface area (Å²) in [4.78, 5) is 11.0. The zero-order valence-electron chi connectivity index (χ0n) is 8.36. The van der Waals surface area contributed by atoms with Crippen molar-refractivity contribution < 1.29 is 14.6 Å². The number of hydrogen-bond acceptors (Lipinski definition) is 3. The maximum atomic E-state index is 11.0. The first-order chi connectivity index (χ1) is 6.65. The van der Waals surface area contributed by atoms with Crippen molar-refractivity contribution >= 4 is 5.78 Å². The fourth-order valence-electron chi connectivity index (χ4n) is 1.19. The molecule has 1 atom stereocenters. The first-order valence-electron chi connectivity index (χ1n) is 4.43. The number of ketones is 1. The molecule has 1 rings (SSSR count). The molecule has 0 bridgehead atoms. The van der Waals surface area contributed by atoms with Crippen molar-refractivity contribution in [1.29, 1.82) is 0 Å². The second kappa shape index (κ2) is 4.88. The zero-order chi connectivity index (χ0) is 10.6. The molecule has 0 spiro atoms. The van der Waals surface area contributed by atoms with E-state index in [1.54, 1.807) is 24.3 Å². The van der Waals surface area contributed by atoms with Gasteiger partial charge in [0.1, 0.15) is 6.10 Å². The van der Waals surface area contributed by atoms with Gasteiger partial charge in [-0.05, 0) is 12.5 Å². The van der Waals surface area contributed by atoms with E-state index in [0.717, 1.165) is 5.56 Å². The lowest BCUT2D eigenvalue weighted by molar-refractivity contribution is 0.0644. The van der Waals surface area contributed by atoms with Crippen molar-refractivity contribution in [2.45, 2.75) is 13.0 Å². The standard InChI is InChI=1S/C11H14O3/c1-8(12)9-3-5-10(6-4-9)11(13)7-14-2/h3-6,11,13H,7H2,1-2H3. The molecule has 0 aliphatic carbocycles. The quantitative estimate of drug-likeness (QED) is 0.740. The third kappa shape index (κ3) is 2.65. The van der Waals surface area contributed by atoms with E-state index in [4.69, 9.17) is 4.74 Å². The molecule has 14 heavy (non-hydrogen) atoms. The van der Waals surface area contributed by atoms with Gasteiger partial charge in [0.25, 0.3) is 0 Å². The van der Waals surface area contributed by atoms with Crippen molar-refractivity contribution in [3.05, 3.63) is 35.4 Å². The Morgan fingerprint density at radius 1 is 1.43 bits per heavy atom. The molecule has 0 aliphatic rings. The highest BCUT2D eigenvalue weighted by molar-refractivity contribution is 5.94. The Kier molecular flexibility index (Phi) is 3.80.